The van der Waals surface area contributed by atoms with Crippen LogP contribution in [-0.2, 0) is 4.74 Å². The lowest BCUT2D eigenvalue weighted by Crippen LogP contribution is -2.43. The van der Waals surface area contributed by atoms with Crippen LogP contribution in [0.5, 0.6) is 11.5 Å². The molecule has 1 N–H and O–H groups in total. The largest absolute Gasteiger partial charge is 0.493 e. The first kappa shape index (κ1) is 15.6. The molecule has 122 valence electrons. The molecule has 2 aliphatic rings. The Kier molecular flexibility index (Phi) is 4.89. The predicted octanol–water partition coefficient (Wildman–Crippen LogP) is 3.46. The third kappa shape index (κ3) is 3.23. The maximum atomic E-state index is 6.38. The molecule has 2 aliphatic heterocycles. The van der Waals surface area contributed by atoms with Crippen molar-refractivity contribution in [3.05, 3.63) is 23.8 Å². The lowest BCUT2D eigenvalue weighted by molar-refractivity contribution is -0.0355. The van der Waals surface area contributed by atoms with Gasteiger partial charge in [-0.3, -0.25) is 0 Å². The molecule has 0 aliphatic carbocycles. The van der Waals surface area contributed by atoms with E-state index in [9.17, 15) is 0 Å². The Balaban J connectivity index is 1.82. The first-order valence-electron chi connectivity index (χ1n) is 8.54. The van der Waals surface area contributed by atoms with E-state index in [1.165, 1.54) is 0 Å². The fourth-order valence-electron chi connectivity index (χ4n) is 3.35. The van der Waals surface area contributed by atoms with Crippen molar-refractivity contribution in [2.24, 2.45) is 0 Å². The average molecular weight is 305 g/mol. The van der Waals surface area contributed by atoms with Crippen LogP contribution < -0.4 is 14.8 Å². The molecule has 1 aromatic carbocycles. The molecule has 2 unspecified atom stereocenters. The second kappa shape index (κ2) is 6.88. The van der Waals surface area contributed by atoms with Crippen molar-refractivity contribution in [2.45, 2.75) is 51.2 Å². The number of nitrogens with one attached hydrogen (secondary N) is 1. The van der Waals surface area contributed by atoms with Gasteiger partial charge in [-0.25, -0.2) is 0 Å². The minimum atomic E-state index is -0.116. The Bertz CT molecular complexity index is 497. The van der Waals surface area contributed by atoms with Crippen molar-refractivity contribution in [1.82, 2.24) is 5.32 Å². The van der Waals surface area contributed by atoms with Gasteiger partial charge in [0, 0.05) is 37.6 Å². The van der Waals surface area contributed by atoms with Gasteiger partial charge >= 0.3 is 0 Å². The molecule has 0 bridgehead atoms. The Hall–Kier alpha value is -1.26. The molecule has 0 aromatic heterocycles. The Labute approximate surface area is 133 Å². The van der Waals surface area contributed by atoms with Crippen LogP contribution in [0.15, 0.2) is 18.2 Å². The zero-order valence-corrected chi connectivity index (χ0v) is 13.7. The normalized spacial score (nSPS) is 26.7. The zero-order valence-electron chi connectivity index (χ0n) is 13.7. The van der Waals surface area contributed by atoms with E-state index in [4.69, 9.17) is 14.2 Å². The number of unbranched alkanes of at least 4 members (excludes halogenated alkanes) is 1. The molecule has 2 atom stereocenters. The number of hydrogen-bond donors (Lipinski definition) is 1. The van der Waals surface area contributed by atoms with Crippen LogP contribution in [0.25, 0.3) is 0 Å². The highest BCUT2D eigenvalue weighted by Crippen LogP contribution is 2.45. The van der Waals surface area contributed by atoms with Gasteiger partial charge in [-0.15, -0.1) is 0 Å². The molecular weight excluding hydrogens is 278 g/mol. The highest BCUT2D eigenvalue weighted by molar-refractivity contribution is 5.44. The van der Waals surface area contributed by atoms with Crippen LogP contribution in [-0.4, -0.2) is 31.9 Å². The summed E-state index contributed by atoms with van der Waals surface area (Å²) in [6.45, 7) is 7.62. The van der Waals surface area contributed by atoms with Crippen LogP contribution in [0.3, 0.4) is 0 Å². The molecule has 4 nitrogen and oxygen atoms in total. The van der Waals surface area contributed by atoms with E-state index >= 15 is 0 Å². The summed E-state index contributed by atoms with van der Waals surface area (Å²) >= 11 is 0. The number of ether oxygens (including phenoxy) is 3. The summed E-state index contributed by atoms with van der Waals surface area (Å²) in [6, 6.07) is 6.18. The molecule has 1 aromatic rings. The predicted molar refractivity (Wildman–Crippen MR) is 86.7 cm³/mol. The highest BCUT2D eigenvalue weighted by Gasteiger charge is 2.43. The minimum Gasteiger partial charge on any atom is -0.493 e. The van der Waals surface area contributed by atoms with E-state index in [0.29, 0.717) is 0 Å². The summed E-state index contributed by atoms with van der Waals surface area (Å²) in [4.78, 5) is 0. The second-order valence-electron chi connectivity index (χ2n) is 6.26. The molecule has 1 saturated heterocycles. The van der Waals surface area contributed by atoms with Crippen molar-refractivity contribution in [3.8, 4) is 11.5 Å². The van der Waals surface area contributed by atoms with Crippen LogP contribution >= 0.6 is 0 Å². The van der Waals surface area contributed by atoms with E-state index in [0.717, 1.165) is 69.0 Å². The van der Waals surface area contributed by atoms with Gasteiger partial charge in [0.15, 0.2) is 0 Å². The number of hydrogen-bond acceptors (Lipinski definition) is 4. The molecule has 22 heavy (non-hydrogen) atoms. The van der Waals surface area contributed by atoms with Gasteiger partial charge in [-0.05, 0) is 32.0 Å². The molecule has 0 saturated carbocycles. The van der Waals surface area contributed by atoms with E-state index in [1.807, 2.05) is 12.1 Å². The van der Waals surface area contributed by atoms with Crippen molar-refractivity contribution >= 4 is 0 Å². The number of benzene rings is 1. The maximum absolute atomic E-state index is 6.38. The number of rotatable bonds is 6. The van der Waals surface area contributed by atoms with Crippen molar-refractivity contribution in [1.29, 1.82) is 0 Å². The lowest BCUT2D eigenvalue weighted by Gasteiger charge is -2.39. The molecule has 2 heterocycles. The van der Waals surface area contributed by atoms with E-state index in [2.05, 4.69) is 25.2 Å². The summed E-state index contributed by atoms with van der Waals surface area (Å²) in [5.74, 6) is 1.83. The SMILES string of the molecule is CCCCOc1ccc2c(c1)OC1(CCNC1)CC2OCC. The molecule has 0 radical (unpaired) electrons. The molecule has 4 heteroatoms. The fraction of sp³-hybridized carbons (Fsp3) is 0.667. The van der Waals surface area contributed by atoms with Gasteiger partial charge in [0.2, 0.25) is 0 Å². The minimum absolute atomic E-state index is 0.116. The lowest BCUT2D eigenvalue weighted by atomic mass is 9.88. The zero-order chi connectivity index (χ0) is 15.4. The molecule has 1 fully saturated rings. The van der Waals surface area contributed by atoms with Gasteiger partial charge < -0.3 is 19.5 Å². The summed E-state index contributed by atoms with van der Waals surface area (Å²) in [6.07, 6.45) is 4.31. The highest BCUT2D eigenvalue weighted by atomic mass is 16.5. The Morgan fingerprint density at radius 2 is 2.27 bits per heavy atom. The smallest absolute Gasteiger partial charge is 0.129 e. The van der Waals surface area contributed by atoms with E-state index in [-0.39, 0.29) is 11.7 Å². The summed E-state index contributed by atoms with van der Waals surface area (Å²) in [5.41, 5.74) is 1.04. The Morgan fingerprint density at radius 3 is 3.00 bits per heavy atom. The number of fused-ring (bicyclic) bond motifs is 1. The first-order chi connectivity index (χ1) is 10.8. The second-order valence-corrected chi connectivity index (χ2v) is 6.26. The molecule has 0 amide bonds. The summed E-state index contributed by atoms with van der Waals surface area (Å²) in [5, 5.41) is 3.42. The van der Waals surface area contributed by atoms with E-state index < -0.39 is 0 Å². The maximum Gasteiger partial charge on any atom is 0.129 e. The standard InChI is InChI=1S/C18H27NO3/c1-3-5-10-21-14-6-7-15-16(11-14)22-18(8-9-19-13-18)12-17(15)20-4-2/h6-7,11,17,19H,3-5,8-10,12-13H2,1-2H3. The van der Waals surface area contributed by atoms with Gasteiger partial charge in [0.25, 0.3) is 0 Å². The Morgan fingerprint density at radius 1 is 1.36 bits per heavy atom. The third-order valence-electron chi connectivity index (χ3n) is 4.55. The monoisotopic (exact) mass is 305 g/mol. The molecule has 3 rings (SSSR count). The van der Waals surface area contributed by atoms with Crippen LogP contribution in [0, 0.1) is 0 Å². The molecular formula is C18H27NO3. The van der Waals surface area contributed by atoms with Gasteiger partial charge in [-0.2, -0.15) is 0 Å². The topological polar surface area (TPSA) is 39.7 Å². The fourth-order valence-corrected chi connectivity index (χ4v) is 3.35. The van der Waals surface area contributed by atoms with Crippen molar-refractivity contribution in [3.63, 3.8) is 0 Å². The van der Waals surface area contributed by atoms with Crippen molar-refractivity contribution < 1.29 is 14.2 Å². The van der Waals surface area contributed by atoms with Gasteiger partial charge in [0.05, 0.1) is 12.7 Å². The van der Waals surface area contributed by atoms with Crippen molar-refractivity contribution in [2.75, 3.05) is 26.3 Å². The van der Waals surface area contributed by atoms with Gasteiger partial charge in [0.1, 0.15) is 17.1 Å². The van der Waals surface area contributed by atoms with Crippen LogP contribution in [0.4, 0.5) is 0 Å². The van der Waals surface area contributed by atoms with Gasteiger partial charge in [-0.1, -0.05) is 13.3 Å². The summed E-state index contributed by atoms with van der Waals surface area (Å²) in [7, 11) is 0. The average Bonchev–Trinajstić information content (AvgIpc) is 2.95. The van der Waals surface area contributed by atoms with Crippen LogP contribution in [0.2, 0.25) is 0 Å². The summed E-state index contributed by atoms with van der Waals surface area (Å²) < 4.78 is 18.2. The van der Waals surface area contributed by atoms with Crippen LogP contribution in [0.1, 0.15) is 51.2 Å². The third-order valence-corrected chi connectivity index (χ3v) is 4.55. The first-order valence-corrected chi connectivity index (χ1v) is 8.54. The molecule has 1 spiro atoms. The quantitative estimate of drug-likeness (QED) is 0.817. The van der Waals surface area contributed by atoms with E-state index in [1.54, 1.807) is 0 Å².